The molecule has 6 nitrogen and oxygen atoms in total. The normalized spacial score (nSPS) is 16.4. The lowest BCUT2D eigenvalue weighted by molar-refractivity contribution is -0.677. The molecule has 9 heteroatoms. The Labute approximate surface area is 150 Å². The number of hydrogen-bond donors (Lipinski definition) is 2. The standard InChI is InChI=1S/C17H24F3N3O3/c1-12(11-25-2)21-10-16(24)22-14-9-13(17(18,19)20)3-4-15(14)23-5-7-26-8-6-23/h3-4,9,12,21H,5-8,10-11H2,1-2H3,(H,22,24)/p+1/t12-/m1/s1. The monoisotopic (exact) mass is 376 g/mol. The number of carbonyl (C=O) groups excluding carboxylic acids is 1. The van der Waals surface area contributed by atoms with Crippen molar-refractivity contribution in [2.24, 2.45) is 0 Å². The number of halogens is 3. The average Bonchev–Trinajstić information content (AvgIpc) is 2.60. The van der Waals surface area contributed by atoms with E-state index in [1.165, 1.54) is 6.07 Å². The first-order chi connectivity index (χ1) is 12.3. The van der Waals surface area contributed by atoms with Gasteiger partial charge in [0, 0.05) is 20.2 Å². The quantitative estimate of drug-likeness (QED) is 0.747. The number of benzene rings is 1. The molecule has 1 saturated heterocycles. The summed E-state index contributed by atoms with van der Waals surface area (Å²) in [5.41, 5.74) is -0.0550. The molecule has 1 aliphatic heterocycles. The molecule has 0 unspecified atom stereocenters. The van der Waals surface area contributed by atoms with Crippen molar-refractivity contribution in [2.45, 2.75) is 19.1 Å². The van der Waals surface area contributed by atoms with Crippen LogP contribution < -0.4 is 15.5 Å². The van der Waals surface area contributed by atoms with E-state index in [0.717, 1.165) is 12.1 Å². The van der Waals surface area contributed by atoms with Crippen LogP contribution in [0.25, 0.3) is 0 Å². The molecule has 1 heterocycles. The van der Waals surface area contributed by atoms with Crippen molar-refractivity contribution in [1.29, 1.82) is 0 Å². The molecule has 0 bridgehead atoms. The van der Waals surface area contributed by atoms with Gasteiger partial charge in [-0.15, -0.1) is 0 Å². The van der Waals surface area contributed by atoms with Crippen molar-refractivity contribution in [3.05, 3.63) is 23.8 Å². The molecule has 1 aromatic carbocycles. The number of hydrogen-bond acceptors (Lipinski definition) is 4. The van der Waals surface area contributed by atoms with Gasteiger partial charge in [-0.1, -0.05) is 0 Å². The summed E-state index contributed by atoms with van der Waals surface area (Å²) >= 11 is 0. The third kappa shape index (κ3) is 5.86. The van der Waals surface area contributed by atoms with Crippen molar-refractivity contribution in [2.75, 3.05) is 56.8 Å². The third-order valence-corrected chi connectivity index (χ3v) is 4.08. The van der Waals surface area contributed by atoms with Crippen LogP contribution in [0.15, 0.2) is 18.2 Å². The largest absolute Gasteiger partial charge is 0.416 e. The number of rotatable bonds is 7. The number of morpholine rings is 1. The lowest BCUT2D eigenvalue weighted by Crippen LogP contribution is -2.92. The molecule has 1 aliphatic rings. The Balaban J connectivity index is 2.15. The first-order valence-electron chi connectivity index (χ1n) is 8.47. The number of nitrogens with one attached hydrogen (secondary N) is 1. The van der Waals surface area contributed by atoms with E-state index in [9.17, 15) is 18.0 Å². The maximum Gasteiger partial charge on any atom is 0.416 e. The fourth-order valence-electron chi connectivity index (χ4n) is 2.73. The summed E-state index contributed by atoms with van der Waals surface area (Å²) in [5, 5.41) is 4.40. The number of carbonyl (C=O) groups is 1. The van der Waals surface area contributed by atoms with Gasteiger partial charge in [-0.05, 0) is 25.1 Å². The third-order valence-electron chi connectivity index (χ3n) is 4.08. The molecular weight excluding hydrogens is 351 g/mol. The van der Waals surface area contributed by atoms with Gasteiger partial charge in [0.1, 0.15) is 6.04 Å². The molecule has 0 saturated carbocycles. The molecule has 1 aromatic rings. The van der Waals surface area contributed by atoms with Gasteiger partial charge in [-0.2, -0.15) is 13.2 Å². The maximum absolute atomic E-state index is 13.1. The summed E-state index contributed by atoms with van der Waals surface area (Å²) in [6, 6.07) is 3.50. The van der Waals surface area contributed by atoms with E-state index < -0.39 is 11.7 Å². The number of nitrogens with zero attached hydrogens (tertiary/aromatic N) is 1. The number of ether oxygens (including phenoxy) is 2. The minimum atomic E-state index is -4.47. The Morgan fingerprint density at radius 3 is 2.69 bits per heavy atom. The molecule has 2 rings (SSSR count). The van der Waals surface area contributed by atoms with E-state index in [1.54, 1.807) is 12.4 Å². The highest BCUT2D eigenvalue weighted by Gasteiger charge is 2.32. The van der Waals surface area contributed by atoms with Crippen LogP contribution in [0, 0.1) is 0 Å². The van der Waals surface area contributed by atoms with Crippen LogP contribution in [0.3, 0.4) is 0 Å². The van der Waals surface area contributed by atoms with Crippen molar-refractivity contribution >= 4 is 17.3 Å². The van der Waals surface area contributed by atoms with Gasteiger partial charge in [0.25, 0.3) is 5.91 Å². The van der Waals surface area contributed by atoms with Gasteiger partial charge in [0.2, 0.25) is 0 Å². The molecule has 1 atom stereocenters. The van der Waals surface area contributed by atoms with Crippen molar-refractivity contribution < 1.29 is 32.8 Å². The van der Waals surface area contributed by atoms with Gasteiger partial charge in [0.05, 0.1) is 36.8 Å². The Kier molecular flexibility index (Phi) is 7.24. The molecule has 26 heavy (non-hydrogen) atoms. The van der Waals surface area contributed by atoms with Gasteiger partial charge in [-0.3, -0.25) is 4.79 Å². The molecule has 0 spiro atoms. The van der Waals surface area contributed by atoms with Crippen molar-refractivity contribution in [1.82, 2.24) is 0 Å². The summed E-state index contributed by atoms with van der Waals surface area (Å²) in [6.45, 7) is 4.60. The van der Waals surface area contributed by atoms with E-state index >= 15 is 0 Å². The fraction of sp³-hybridized carbons (Fsp3) is 0.588. The lowest BCUT2D eigenvalue weighted by Gasteiger charge is -2.31. The summed E-state index contributed by atoms with van der Waals surface area (Å²) in [7, 11) is 1.57. The molecule has 1 fully saturated rings. The van der Waals surface area contributed by atoms with Crippen LogP contribution in [0.5, 0.6) is 0 Å². The predicted octanol–water partition coefficient (Wildman–Crippen LogP) is 1.08. The van der Waals surface area contributed by atoms with E-state index in [-0.39, 0.29) is 24.2 Å². The van der Waals surface area contributed by atoms with Gasteiger partial charge in [0.15, 0.2) is 6.54 Å². The fourth-order valence-corrected chi connectivity index (χ4v) is 2.73. The molecule has 3 N–H and O–H groups in total. The number of alkyl halides is 3. The van der Waals surface area contributed by atoms with Gasteiger partial charge in [-0.25, -0.2) is 0 Å². The molecule has 1 amide bonds. The minimum Gasteiger partial charge on any atom is -0.379 e. The second kappa shape index (κ2) is 9.20. The lowest BCUT2D eigenvalue weighted by atomic mass is 10.1. The van der Waals surface area contributed by atoms with E-state index in [0.29, 0.717) is 38.6 Å². The zero-order valence-corrected chi connectivity index (χ0v) is 14.9. The van der Waals surface area contributed by atoms with Crippen LogP contribution in [0.4, 0.5) is 24.5 Å². The molecule has 146 valence electrons. The predicted molar refractivity (Wildman–Crippen MR) is 91.2 cm³/mol. The van der Waals surface area contributed by atoms with E-state index in [2.05, 4.69) is 5.32 Å². The minimum absolute atomic E-state index is 0.0750. The number of methoxy groups -OCH3 is 1. The Morgan fingerprint density at radius 2 is 2.08 bits per heavy atom. The molecule has 0 aromatic heterocycles. The van der Waals surface area contributed by atoms with Gasteiger partial charge >= 0.3 is 6.18 Å². The number of amides is 1. The van der Waals surface area contributed by atoms with Crippen LogP contribution in [-0.2, 0) is 20.4 Å². The highest BCUT2D eigenvalue weighted by atomic mass is 19.4. The first-order valence-corrected chi connectivity index (χ1v) is 8.47. The molecular formula is C17H25F3N3O3+. The van der Waals surface area contributed by atoms with Crippen molar-refractivity contribution in [3.63, 3.8) is 0 Å². The molecule has 0 radical (unpaired) electrons. The summed E-state index contributed by atoms with van der Waals surface area (Å²) in [6.07, 6.45) is -4.47. The smallest absolute Gasteiger partial charge is 0.379 e. The second-order valence-electron chi connectivity index (χ2n) is 6.25. The van der Waals surface area contributed by atoms with E-state index in [1.807, 2.05) is 11.8 Å². The summed E-state index contributed by atoms with van der Waals surface area (Å²) in [5.74, 6) is -0.359. The number of anilines is 2. The average molecular weight is 376 g/mol. The topological polar surface area (TPSA) is 67.4 Å². The van der Waals surface area contributed by atoms with E-state index in [4.69, 9.17) is 9.47 Å². The Hall–Kier alpha value is -1.84. The highest BCUT2D eigenvalue weighted by Crippen LogP contribution is 2.35. The number of quaternary nitrogens is 1. The zero-order valence-electron chi connectivity index (χ0n) is 14.9. The zero-order chi connectivity index (χ0) is 19.2. The van der Waals surface area contributed by atoms with Crippen LogP contribution in [-0.4, -0.2) is 58.5 Å². The summed E-state index contributed by atoms with van der Waals surface area (Å²) in [4.78, 5) is 14.1. The van der Waals surface area contributed by atoms with Crippen LogP contribution >= 0.6 is 0 Å². The second-order valence-corrected chi connectivity index (χ2v) is 6.25. The highest BCUT2D eigenvalue weighted by molar-refractivity contribution is 5.95. The molecule has 0 aliphatic carbocycles. The Bertz CT molecular complexity index is 605. The SMILES string of the molecule is COC[C@@H](C)[NH2+]CC(=O)Nc1cc(C(F)(F)F)ccc1N1CCOCC1. The Morgan fingerprint density at radius 1 is 1.38 bits per heavy atom. The summed E-state index contributed by atoms with van der Waals surface area (Å²) < 4.78 is 49.4. The van der Waals surface area contributed by atoms with Crippen LogP contribution in [0.2, 0.25) is 0 Å². The van der Waals surface area contributed by atoms with Crippen LogP contribution in [0.1, 0.15) is 12.5 Å². The maximum atomic E-state index is 13.1. The first kappa shape index (κ1) is 20.5. The van der Waals surface area contributed by atoms with Gasteiger partial charge < -0.3 is 25.0 Å². The van der Waals surface area contributed by atoms with Crippen molar-refractivity contribution in [3.8, 4) is 0 Å². The number of nitrogens with two attached hydrogens (primary N) is 1.